The third-order valence-corrected chi connectivity index (χ3v) is 5.14. The van der Waals surface area contributed by atoms with Gasteiger partial charge in [0.1, 0.15) is 5.82 Å². The number of hydrogen-bond acceptors (Lipinski definition) is 1. The van der Waals surface area contributed by atoms with Crippen LogP contribution in [0.2, 0.25) is 0 Å². The Kier molecular flexibility index (Phi) is 2.80. The number of nitrogens with one attached hydrogen (secondary N) is 1. The summed E-state index contributed by atoms with van der Waals surface area (Å²) in [5, 5.41) is 1.17. The van der Waals surface area contributed by atoms with E-state index in [0.717, 1.165) is 11.2 Å². The number of halogens is 1. The zero-order chi connectivity index (χ0) is 15.3. The van der Waals surface area contributed by atoms with Crippen molar-refractivity contribution >= 4 is 16.6 Å². The van der Waals surface area contributed by atoms with Crippen molar-refractivity contribution in [3.8, 4) is 0 Å². The Hall–Kier alpha value is -2.29. The summed E-state index contributed by atoms with van der Waals surface area (Å²) < 4.78 is 13.3. The van der Waals surface area contributed by atoms with Crippen LogP contribution < -0.4 is 5.73 Å². The molecule has 112 valence electrons. The fourth-order valence-electron chi connectivity index (χ4n) is 3.68. The molecule has 3 heteroatoms. The van der Waals surface area contributed by atoms with Gasteiger partial charge >= 0.3 is 0 Å². The molecule has 1 fully saturated rings. The van der Waals surface area contributed by atoms with Crippen molar-refractivity contribution in [1.82, 2.24) is 4.98 Å². The van der Waals surface area contributed by atoms with E-state index in [4.69, 9.17) is 5.73 Å². The van der Waals surface area contributed by atoms with E-state index < -0.39 is 0 Å². The maximum Gasteiger partial charge on any atom is 0.123 e. The quantitative estimate of drug-likeness (QED) is 0.681. The minimum Gasteiger partial charge on any atom is -0.397 e. The molecule has 1 heterocycles. The molecule has 1 saturated carbocycles. The van der Waals surface area contributed by atoms with Gasteiger partial charge in [0.05, 0.1) is 11.2 Å². The van der Waals surface area contributed by atoms with Crippen LogP contribution in [0.25, 0.3) is 10.9 Å². The molecule has 22 heavy (non-hydrogen) atoms. The molecule has 1 atom stereocenters. The van der Waals surface area contributed by atoms with E-state index in [1.165, 1.54) is 29.4 Å². The highest BCUT2D eigenvalue weighted by molar-refractivity contribution is 5.93. The van der Waals surface area contributed by atoms with Gasteiger partial charge in [0.15, 0.2) is 0 Å². The number of para-hydroxylation sites is 1. The second-order valence-electron chi connectivity index (χ2n) is 6.46. The monoisotopic (exact) mass is 294 g/mol. The highest BCUT2D eigenvalue weighted by atomic mass is 19.1. The molecule has 2 nitrogen and oxygen atoms in total. The van der Waals surface area contributed by atoms with Crippen LogP contribution in [0.4, 0.5) is 10.1 Å². The standard InChI is InChI=1S/C19H19FN2/c1-19(12-5-6-12,13-7-9-14(20)10-8-13)16-11-22-18-15(16)3-2-4-17(18)21/h2-4,7-12,22H,5-6,21H2,1H3/t19-/m0/s1. The van der Waals surface area contributed by atoms with Crippen molar-refractivity contribution in [3.05, 3.63) is 65.6 Å². The number of hydrogen-bond donors (Lipinski definition) is 2. The smallest absolute Gasteiger partial charge is 0.123 e. The fraction of sp³-hybridized carbons (Fsp3) is 0.263. The summed E-state index contributed by atoms with van der Waals surface area (Å²) in [5.74, 6) is 0.406. The molecule has 1 aliphatic rings. The molecule has 0 amide bonds. The summed E-state index contributed by atoms with van der Waals surface area (Å²) >= 11 is 0. The molecular formula is C19H19FN2. The van der Waals surface area contributed by atoms with Gasteiger partial charge in [-0.1, -0.05) is 31.2 Å². The molecule has 3 aromatic rings. The van der Waals surface area contributed by atoms with Crippen LogP contribution in [-0.4, -0.2) is 4.98 Å². The number of benzene rings is 2. The van der Waals surface area contributed by atoms with E-state index in [0.29, 0.717) is 5.92 Å². The van der Waals surface area contributed by atoms with Gasteiger partial charge in [-0.2, -0.15) is 0 Å². The number of aromatic nitrogens is 1. The molecule has 1 aliphatic carbocycles. The molecule has 0 bridgehead atoms. The maximum absolute atomic E-state index is 13.3. The first-order chi connectivity index (χ1) is 10.6. The van der Waals surface area contributed by atoms with Gasteiger partial charge in [0, 0.05) is 17.0 Å². The Balaban J connectivity index is 1.95. The predicted octanol–water partition coefficient (Wildman–Crippen LogP) is 4.61. The molecule has 2 aromatic carbocycles. The minimum atomic E-state index is -0.190. The van der Waals surface area contributed by atoms with Gasteiger partial charge in [-0.25, -0.2) is 4.39 Å². The first-order valence-electron chi connectivity index (χ1n) is 7.73. The summed E-state index contributed by atoms with van der Waals surface area (Å²) in [6.07, 6.45) is 4.49. The van der Waals surface area contributed by atoms with Crippen molar-refractivity contribution in [1.29, 1.82) is 0 Å². The predicted molar refractivity (Wildman–Crippen MR) is 88.3 cm³/mol. The zero-order valence-electron chi connectivity index (χ0n) is 12.6. The average molecular weight is 294 g/mol. The molecular weight excluding hydrogens is 275 g/mol. The topological polar surface area (TPSA) is 41.8 Å². The van der Waals surface area contributed by atoms with Crippen LogP contribution in [0, 0.1) is 11.7 Å². The van der Waals surface area contributed by atoms with Crippen molar-refractivity contribution < 1.29 is 4.39 Å². The first kappa shape index (κ1) is 13.4. The van der Waals surface area contributed by atoms with Gasteiger partial charge in [-0.3, -0.25) is 0 Å². The lowest BCUT2D eigenvalue weighted by Crippen LogP contribution is -2.26. The molecule has 4 rings (SSSR count). The lowest BCUT2D eigenvalue weighted by Gasteiger charge is -2.30. The Morgan fingerprint density at radius 2 is 1.86 bits per heavy atom. The van der Waals surface area contributed by atoms with Gasteiger partial charge in [0.25, 0.3) is 0 Å². The van der Waals surface area contributed by atoms with E-state index in [2.05, 4.69) is 24.2 Å². The Labute approximate surface area is 129 Å². The minimum absolute atomic E-state index is 0.111. The summed E-state index contributed by atoms with van der Waals surface area (Å²) in [7, 11) is 0. The van der Waals surface area contributed by atoms with Gasteiger partial charge in [-0.05, 0) is 48.1 Å². The number of nitrogen functional groups attached to an aromatic ring is 1. The maximum atomic E-state index is 13.3. The number of H-pyrrole nitrogens is 1. The van der Waals surface area contributed by atoms with Crippen LogP contribution in [0.15, 0.2) is 48.7 Å². The van der Waals surface area contributed by atoms with Crippen molar-refractivity contribution in [2.24, 2.45) is 5.92 Å². The van der Waals surface area contributed by atoms with Gasteiger partial charge in [-0.15, -0.1) is 0 Å². The number of fused-ring (bicyclic) bond motifs is 1. The Morgan fingerprint density at radius 1 is 1.14 bits per heavy atom. The SMILES string of the molecule is C[C@](c1ccc(F)cc1)(c1c[nH]c2c(N)cccc12)C1CC1. The molecule has 0 spiro atoms. The van der Waals surface area contributed by atoms with Crippen LogP contribution >= 0.6 is 0 Å². The van der Waals surface area contributed by atoms with Gasteiger partial charge < -0.3 is 10.7 Å². The van der Waals surface area contributed by atoms with Crippen LogP contribution in [-0.2, 0) is 5.41 Å². The normalized spacial score (nSPS) is 17.5. The van der Waals surface area contributed by atoms with Crippen LogP contribution in [0.3, 0.4) is 0 Å². The molecule has 0 saturated heterocycles. The van der Waals surface area contributed by atoms with Crippen molar-refractivity contribution in [2.45, 2.75) is 25.2 Å². The number of rotatable bonds is 3. The highest BCUT2D eigenvalue weighted by Crippen LogP contribution is 2.52. The van der Waals surface area contributed by atoms with Crippen LogP contribution in [0.5, 0.6) is 0 Å². The van der Waals surface area contributed by atoms with E-state index >= 15 is 0 Å². The van der Waals surface area contributed by atoms with Crippen LogP contribution in [0.1, 0.15) is 30.9 Å². The molecule has 0 radical (unpaired) electrons. The third kappa shape index (κ3) is 1.85. The zero-order valence-corrected chi connectivity index (χ0v) is 12.6. The first-order valence-corrected chi connectivity index (χ1v) is 7.73. The number of anilines is 1. The lowest BCUT2D eigenvalue weighted by atomic mass is 9.72. The summed E-state index contributed by atoms with van der Waals surface area (Å²) in [5.41, 5.74) is 10.1. The molecule has 0 aliphatic heterocycles. The van der Waals surface area contributed by atoms with Gasteiger partial charge in [0.2, 0.25) is 0 Å². The summed E-state index contributed by atoms with van der Waals surface area (Å²) in [6.45, 7) is 2.27. The second kappa shape index (κ2) is 4.60. The number of nitrogens with two attached hydrogens (primary N) is 1. The van der Waals surface area contributed by atoms with E-state index in [9.17, 15) is 4.39 Å². The third-order valence-electron chi connectivity index (χ3n) is 5.14. The fourth-order valence-corrected chi connectivity index (χ4v) is 3.68. The lowest BCUT2D eigenvalue weighted by molar-refractivity contribution is 0.497. The number of aromatic amines is 1. The Bertz CT molecular complexity index is 830. The van der Waals surface area contributed by atoms with E-state index in [-0.39, 0.29) is 11.2 Å². The highest BCUT2D eigenvalue weighted by Gasteiger charge is 2.45. The largest absolute Gasteiger partial charge is 0.397 e. The molecule has 3 N–H and O–H groups in total. The van der Waals surface area contributed by atoms with Crippen molar-refractivity contribution in [2.75, 3.05) is 5.73 Å². The second-order valence-corrected chi connectivity index (χ2v) is 6.46. The van der Waals surface area contributed by atoms with Crippen molar-refractivity contribution in [3.63, 3.8) is 0 Å². The summed E-state index contributed by atoms with van der Waals surface area (Å²) in [4.78, 5) is 3.33. The van der Waals surface area contributed by atoms with E-state index in [1.807, 2.05) is 24.3 Å². The Morgan fingerprint density at radius 3 is 2.55 bits per heavy atom. The average Bonchev–Trinajstić information content (AvgIpc) is 3.27. The summed E-state index contributed by atoms with van der Waals surface area (Å²) in [6, 6.07) is 13.0. The van der Waals surface area contributed by atoms with E-state index in [1.54, 1.807) is 12.1 Å². The molecule has 1 aromatic heterocycles. The molecule has 0 unspecified atom stereocenters.